The molecule has 0 spiro atoms. The highest BCUT2D eigenvalue weighted by Gasteiger charge is 2.37. The number of rotatable bonds is 4. The first kappa shape index (κ1) is 19.9. The SMILES string of the molecule is COc1ccc(C(=O)N2CCN(C(=O)C3CC=CCC3C(=O)O)CC2)cc1F. The maximum Gasteiger partial charge on any atom is 0.307 e. The van der Waals surface area contributed by atoms with Crippen molar-refractivity contribution in [1.82, 2.24) is 9.80 Å². The molecular formula is C20H23FN2O5. The Balaban J connectivity index is 1.61. The van der Waals surface area contributed by atoms with E-state index in [0.717, 1.165) is 6.07 Å². The number of halogens is 1. The Morgan fingerprint density at radius 1 is 1.04 bits per heavy atom. The predicted octanol–water partition coefficient (Wildman–Crippen LogP) is 1.79. The molecular weight excluding hydrogens is 367 g/mol. The number of carboxylic acids is 1. The molecule has 0 saturated carbocycles. The van der Waals surface area contributed by atoms with Gasteiger partial charge >= 0.3 is 5.97 Å². The zero-order chi connectivity index (χ0) is 20.3. The normalized spacial score (nSPS) is 22.1. The second kappa shape index (κ2) is 8.41. The molecule has 28 heavy (non-hydrogen) atoms. The second-order valence-electron chi connectivity index (χ2n) is 6.96. The number of amides is 2. The fourth-order valence-corrected chi connectivity index (χ4v) is 3.71. The van der Waals surface area contributed by atoms with Crippen LogP contribution in [-0.4, -0.2) is 66.0 Å². The third-order valence-corrected chi connectivity index (χ3v) is 5.34. The van der Waals surface area contributed by atoms with Gasteiger partial charge < -0.3 is 19.6 Å². The van der Waals surface area contributed by atoms with Gasteiger partial charge in [0.15, 0.2) is 11.6 Å². The molecule has 1 aromatic rings. The van der Waals surface area contributed by atoms with Crippen molar-refractivity contribution in [1.29, 1.82) is 0 Å². The number of carbonyl (C=O) groups is 3. The van der Waals surface area contributed by atoms with Crippen LogP contribution in [0.4, 0.5) is 4.39 Å². The summed E-state index contributed by atoms with van der Waals surface area (Å²) >= 11 is 0. The molecule has 7 nitrogen and oxygen atoms in total. The van der Waals surface area contributed by atoms with E-state index in [-0.39, 0.29) is 23.1 Å². The number of carbonyl (C=O) groups excluding carboxylic acids is 2. The Morgan fingerprint density at radius 3 is 2.21 bits per heavy atom. The minimum absolute atomic E-state index is 0.0708. The quantitative estimate of drug-likeness (QED) is 0.792. The molecule has 1 aromatic carbocycles. The number of allylic oxidation sites excluding steroid dienone is 2. The molecule has 3 rings (SSSR count). The van der Waals surface area contributed by atoms with E-state index in [0.29, 0.717) is 39.0 Å². The maximum absolute atomic E-state index is 13.9. The summed E-state index contributed by atoms with van der Waals surface area (Å²) in [7, 11) is 1.35. The van der Waals surface area contributed by atoms with Crippen LogP contribution in [0.2, 0.25) is 0 Å². The van der Waals surface area contributed by atoms with Crippen molar-refractivity contribution in [2.75, 3.05) is 33.3 Å². The lowest BCUT2D eigenvalue weighted by atomic mass is 9.82. The molecule has 1 aliphatic heterocycles. The third-order valence-electron chi connectivity index (χ3n) is 5.34. The number of benzene rings is 1. The fourth-order valence-electron chi connectivity index (χ4n) is 3.71. The molecule has 1 heterocycles. The highest BCUT2D eigenvalue weighted by molar-refractivity contribution is 5.94. The summed E-state index contributed by atoms with van der Waals surface area (Å²) in [4.78, 5) is 40.0. The lowest BCUT2D eigenvalue weighted by Gasteiger charge is -2.37. The van der Waals surface area contributed by atoms with E-state index in [4.69, 9.17) is 4.74 Å². The van der Waals surface area contributed by atoms with Gasteiger partial charge in [-0.25, -0.2) is 4.39 Å². The van der Waals surface area contributed by atoms with Crippen LogP contribution in [0.5, 0.6) is 5.75 Å². The van der Waals surface area contributed by atoms with Crippen molar-refractivity contribution in [3.8, 4) is 5.75 Å². The van der Waals surface area contributed by atoms with Gasteiger partial charge in [0.2, 0.25) is 5.91 Å². The molecule has 2 amide bonds. The number of aliphatic carboxylic acids is 1. The first-order valence-corrected chi connectivity index (χ1v) is 9.21. The van der Waals surface area contributed by atoms with Crippen LogP contribution in [0.25, 0.3) is 0 Å². The number of carboxylic acid groups (broad SMARTS) is 1. The van der Waals surface area contributed by atoms with Gasteiger partial charge in [0.25, 0.3) is 5.91 Å². The lowest BCUT2D eigenvalue weighted by Crippen LogP contribution is -2.53. The smallest absolute Gasteiger partial charge is 0.307 e. The Bertz CT molecular complexity index is 802. The third kappa shape index (κ3) is 4.00. The Kier molecular flexibility index (Phi) is 5.96. The zero-order valence-electron chi connectivity index (χ0n) is 15.6. The summed E-state index contributed by atoms with van der Waals surface area (Å²) in [6.45, 7) is 1.29. The molecule has 2 unspecified atom stereocenters. The molecule has 8 heteroatoms. The van der Waals surface area contributed by atoms with Crippen LogP contribution in [-0.2, 0) is 9.59 Å². The first-order chi connectivity index (χ1) is 13.4. The van der Waals surface area contributed by atoms with Crippen LogP contribution in [0.1, 0.15) is 23.2 Å². The summed E-state index contributed by atoms with van der Waals surface area (Å²) in [6.07, 6.45) is 4.42. The van der Waals surface area contributed by atoms with Crippen LogP contribution in [0, 0.1) is 17.7 Å². The van der Waals surface area contributed by atoms with Crippen molar-refractivity contribution >= 4 is 17.8 Å². The number of hydrogen-bond acceptors (Lipinski definition) is 4. The average Bonchev–Trinajstić information content (AvgIpc) is 2.72. The van der Waals surface area contributed by atoms with Crippen molar-refractivity contribution < 1.29 is 28.6 Å². The maximum atomic E-state index is 13.9. The summed E-state index contributed by atoms with van der Waals surface area (Å²) in [6, 6.07) is 4.06. The first-order valence-electron chi connectivity index (χ1n) is 9.21. The van der Waals surface area contributed by atoms with E-state index in [1.165, 1.54) is 19.2 Å². The predicted molar refractivity (Wildman–Crippen MR) is 98.4 cm³/mol. The highest BCUT2D eigenvalue weighted by Crippen LogP contribution is 2.28. The average molecular weight is 390 g/mol. The number of ether oxygens (including phenoxy) is 1. The Labute approximate surface area is 162 Å². The van der Waals surface area contributed by atoms with Crippen LogP contribution < -0.4 is 4.74 Å². The molecule has 0 radical (unpaired) electrons. The molecule has 1 aliphatic carbocycles. The number of hydrogen-bond donors (Lipinski definition) is 1. The van der Waals surface area contributed by atoms with Gasteiger partial charge in [-0.05, 0) is 31.0 Å². The van der Waals surface area contributed by atoms with Gasteiger partial charge in [-0.3, -0.25) is 14.4 Å². The van der Waals surface area contributed by atoms with Crippen molar-refractivity contribution in [2.45, 2.75) is 12.8 Å². The second-order valence-corrected chi connectivity index (χ2v) is 6.96. The number of piperazine rings is 1. The van der Waals surface area contributed by atoms with E-state index in [1.54, 1.807) is 15.9 Å². The van der Waals surface area contributed by atoms with Gasteiger partial charge in [0.05, 0.1) is 18.9 Å². The Hall–Kier alpha value is -2.90. The van der Waals surface area contributed by atoms with Gasteiger partial charge in [0.1, 0.15) is 0 Å². The number of nitrogens with zero attached hydrogens (tertiary/aromatic N) is 2. The van der Waals surface area contributed by atoms with E-state index < -0.39 is 23.6 Å². The summed E-state index contributed by atoms with van der Waals surface area (Å²) in [5.74, 6) is -3.26. The summed E-state index contributed by atoms with van der Waals surface area (Å²) in [5, 5.41) is 9.36. The van der Waals surface area contributed by atoms with Crippen LogP contribution in [0.3, 0.4) is 0 Å². The largest absolute Gasteiger partial charge is 0.494 e. The molecule has 2 atom stereocenters. The van der Waals surface area contributed by atoms with Crippen molar-refractivity contribution in [2.24, 2.45) is 11.8 Å². The van der Waals surface area contributed by atoms with Crippen molar-refractivity contribution in [3.05, 3.63) is 41.7 Å². The highest BCUT2D eigenvalue weighted by atomic mass is 19.1. The van der Waals surface area contributed by atoms with Crippen molar-refractivity contribution in [3.63, 3.8) is 0 Å². The molecule has 150 valence electrons. The molecule has 0 bridgehead atoms. The molecule has 1 fully saturated rings. The molecule has 2 aliphatic rings. The number of methoxy groups -OCH3 is 1. The molecule has 0 aromatic heterocycles. The minimum Gasteiger partial charge on any atom is -0.494 e. The fraction of sp³-hybridized carbons (Fsp3) is 0.450. The van der Waals surface area contributed by atoms with Gasteiger partial charge in [-0.1, -0.05) is 12.2 Å². The Morgan fingerprint density at radius 2 is 1.64 bits per heavy atom. The standard InChI is InChI=1S/C20H23FN2O5/c1-28-17-7-6-13(12-16(17)21)18(24)22-8-10-23(11-9-22)19(25)14-4-2-3-5-15(14)20(26)27/h2-3,6-7,12,14-15H,4-5,8-11H2,1H3,(H,26,27). The summed E-state index contributed by atoms with van der Waals surface area (Å²) in [5.41, 5.74) is 0.224. The topological polar surface area (TPSA) is 87.2 Å². The van der Waals surface area contributed by atoms with Gasteiger partial charge in [-0.2, -0.15) is 0 Å². The van der Waals surface area contributed by atoms with E-state index in [1.807, 2.05) is 6.08 Å². The summed E-state index contributed by atoms with van der Waals surface area (Å²) < 4.78 is 18.7. The zero-order valence-corrected chi connectivity index (χ0v) is 15.6. The van der Waals surface area contributed by atoms with Gasteiger partial charge in [-0.15, -0.1) is 0 Å². The van der Waals surface area contributed by atoms with Crippen LogP contribution in [0.15, 0.2) is 30.4 Å². The van der Waals surface area contributed by atoms with E-state index in [9.17, 15) is 23.9 Å². The van der Waals surface area contributed by atoms with Gasteiger partial charge in [0, 0.05) is 31.7 Å². The van der Waals surface area contributed by atoms with Crippen LogP contribution >= 0.6 is 0 Å². The lowest BCUT2D eigenvalue weighted by molar-refractivity contribution is -0.151. The monoisotopic (exact) mass is 390 g/mol. The van der Waals surface area contributed by atoms with E-state index in [2.05, 4.69) is 0 Å². The van der Waals surface area contributed by atoms with E-state index >= 15 is 0 Å². The molecule has 1 N–H and O–H groups in total. The molecule has 1 saturated heterocycles. The minimum atomic E-state index is -0.960.